The summed E-state index contributed by atoms with van der Waals surface area (Å²) in [5.74, 6) is -4.30. The van der Waals surface area contributed by atoms with Crippen LogP contribution in [0.2, 0.25) is 0 Å². The maximum atomic E-state index is 16.8. The maximum Gasteiger partial charge on any atom is 0.338 e. The van der Waals surface area contributed by atoms with Gasteiger partial charge in [-0.15, -0.1) is 5.10 Å². The molecule has 3 N–H and O–H groups in total. The van der Waals surface area contributed by atoms with Crippen molar-refractivity contribution >= 4 is 35.2 Å². The number of hydrogen-bond donors (Lipinski definition) is 2. The molecule has 202 valence electrons. The predicted octanol–water partition coefficient (Wildman–Crippen LogP) is 2.78. The zero-order valence-electron chi connectivity index (χ0n) is 20.9. The molecule has 0 amide bonds. The molecule has 5 rings (SSSR count). The lowest BCUT2D eigenvalue weighted by Gasteiger charge is -2.32. The first kappa shape index (κ1) is 26.5. The van der Waals surface area contributed by atoms with Gasteiger partial charge in [-0.25, -0.2) is 28.5 Å². The van der Waals surface area contributed by atoms with Crippen LogP contribution < -0.4 is 5.73 Å². The molecule has 0 radical (unpaired) electrons. The van der Waals surface area contributed by atoms with E-state index in [9.17, 15) is 14.7 Å². The van der Waals surface area contributed by atoms with Crippen LogP contribution in [0.15, 0.2) is 72.0 Å². The number of halogens is 1. The second-order valence-corrected chi connectivity index (χ2v) is 9.67. The van der Waals surface area contributed by atoms with E-state index >= 15 is 4.39 Å². The van der Waals surface area contributed by atoms with Gasteiger partial charge in [0.05, 0.1) is 17.3 Å². The number of hydrogen-bond acceptors (Lipinski definition) is 11. The number of thioether (sulfide) groups is 1. The van der Waals surface area contributed by atoms with Crippen LogP contribution in [0.25, 0.3) is 5.65 Å². The quantitative estimate of drug-likeness (QED) is 0.257. The molecule has 2 aromatic heterocycles. The summed E-state index contributed by atoms with van der Waals surface area (Å²) >= 11 is 1.17. The lowest BCUT2D eigenvalue weighted by molar-refractivity contribution is -0.256. The van der Waals surface area contributed by atoms with E-state index in [0.717, 1.165) is 17.6 Å². The Labute approximate surface area is 226 Å². The third-order valence-corrected chi connectivity index (χ3v) is 6.92. The number of aliphatic hydroxyl groups is 1. The molecule has 1 unspecified atom stereocenters. The number of benzene rings is 2. The van der Waals surface area contributed by atoms with Gasteiger partial charge in [0.15, 0.2) is 17.6 Å². The zero-order valence-corrected chi connectivity index (χ0v) is 21.7. The molecule has 11 nitrogen and oxygen atoms in total. The van der Waals surface area contributed by atoms with Crippen LogP contribution in [0.3, 0.4) is 0 Å². The topological polar surface area (TPSA) is 151 Å². The van der Waals surface area contributed by atoms with Crippen molar-refractivity contribution in [1.82, 2.24) is 19.6 Å². The van der Waals surface area contributed by atoms with Gasteiger partial charge in [0.2, 0.25) is 10.8 Å². The second-order valence-electron chi connectivity index (χ2n) is 8.89. The SMILES string of the molecule is CSc1nc(N)c2ncc(C3(O)O[C@H](COC(=O)c4ccccc4)[C@@H](OC(=O)c4ccccc4)[C@@]3(C)F)n2n1. The molecule has 4 atom stereocenters. The van der Waals surface area contributed by atoms with E-state index in [4.69, 9.17) is 19.9 Å². The Bertz CT molecular complexity index is 1520. The van der Waals surface area contributed by atoms with E-state index in [1.165, 1.54) is 23.9 Å². The minimum Gasteiger partial charge on any atom is -0.459 e. The fourth-order valence-electron chi connectivity index (χ4n) is 4.33. The first-order valence-corrected chi connectivity index (χ1v) is 13.0. The van der Waals surface area contributed by atoms with Crippen LogP contribution in [-0.2, 0) is 20.0 Å². The predicted molar refractivity (Wildman–Crippen MR) is 138 cm³/mol. The number of nitrogens with zero attached hydrogens (tertiary/aromatic N) is 4. The van der Waals surface area contributed by atoms with Gasteiger partial charge in [-0.05, 0) is 37.4 Å². The smallest absolute Gasteiger partial charge is 0.338 e. The summed E-state index contributed by atoms with van der Waals surface area (Å²) in [5.41, 5.74) is 3.47. The van der Waals surface area contributed by atoms with Crippen LogP contribution in [0.4, 0.5) is 10.2 Å². The van der Waals surface area contributed by atoms with Crippen molar-refractivity contribution < 1.29 is 33.3 Å². The normalized spacial score (nSPS) is 24.5. The van der Waals surface area contributed by atoms with Crippen molar-refractivity contribution in [3.8, 4) is 0 Å². The van der Waals surface area contributed by atoms with Gasteiger partial charge in [0.25, 0.3) is 5.79 Å². The number of carbonyl (C=O) groups excluding carboxylic acids is 2. The third kappa shape index (κ3) is 4.68. The molecular formula is C26H24FN5O6S. The number of nitrogens with two attached hydrogens (primary N) is 1. The number of nitrogen functional groups attached to an aromatic ring is 1. The molecule has 0 aliphatic carbocycles. The van der Waals surface area contributed by atoms with Crippen LogP contribution in [0.1, 0.15) is 33.3 Å². The summed E-state index contributed by atoms with van der Waals surface area (Å²) in [5, 5.41) is 16.2. The lowest BCUT2D eigenvalue weighted by Crippen LogP contribution is -2.51. The lowest BCUT2D eigenvalue weighted by atomic mass is 9.89. The van der Waals surface area contributed by atoms with Crippen LogP contribution in [0, 0.1) is 0 Å². The highest BCUT2D eigenvalue weighted by molar-refractivity contribution is 7.98. The number of fused-ring (bicyclic) bond motifs is 1. The minimum absolute atomic E-state index is 0.00292. The molecule has 39 heavy (non-hydrogen) atoms. The number of esters is 2. The summed E-state index contributed by atoms with van der Waals surface area (Å²) in [6.07, 6.45) is -0.247. The number of imidazole rings is 1. The maximum absolute atomic E-state index is 16.8. The van der Waals surface area contributed by atoms with Gasteiger partial charge in [0, 0.05) is 0 Å². The standard InChI is InChI=1S/C26H24FN5O6S/c1-25(27)19(37-23(34)16-11-7-4-8-12-16)17(14-36-22(33)15-9-5-3-6-10-15)38-26(25,35)18-13-29-21-20(28)30-24(39-2)31-32(18)21/h3-13,17,19,35H,14H2,1-2H3,(H2,28,30,31)/t17-,19-,25-,26?/m1/s1. The monoisotopic (exact) mass is 553 g/mol. The van der Waals surface area contributed by atoms with Gasteiger partial charge >= 0.3 is 11.9 Å². The molecule has 13 heteroatoms. The minimum atomic E-state index is -2.77. The van der Waals surface area contributed by atoms with Gasteiger partial charge in [0.1, 0.15) is 18.4 Å². The Morgan fingerprint density at radius 1 is 1.13 bits per heavy atom. The molecule has 1 aliphatic heterocycles. The van der Waals surface area contributed by atoms with Gasteiger partial charge < -0.3 is 25.1 Å². The van der Waals surface area contributed by atoms with E-state index in [-0.39, 0.29) is 33.4 Å². The average Bonchev–Trinajstić information content (AvgIpc) is 3.46. The summed E-state index contributed by atoms with van der Waals surface area (Å²) in [6.45, 7) is 0.487. The Kier molecular flexibility index (Phi) is 6.97. The van der Waals surface area contributed by atoms with Crippen molar-refractivity contribution in [1.29, 1.82) is 0 Å². The van der Waals surface area contributed by atoms with E-state index in [1.807, 2.05) is 0 Å². The summed E-state index contributed by atoms with van der Waals surface area (Å²) in [6, 6.07) is 16.1. The molecule has 0 saturated carbocycles. The first-order chi connectivity index (χ1) is 18.7. The zero-order chi connectivity index (χ0) is 27.8. The Morgan fingerprint density at radius 2 is 1.74 bits per heavy atom. The average molecular weight is 554 g/mol. The molecule has 2 aromatic carbocycles. The number of aromatic nitrogens is 4. The van der Waals surface area contributed by atoms with E-state index < -0.39 is 42.2 Å². The van der Waals surface area contributed by atoms with E-state index in [2.05, 4.69) is 15.1 Å². The summed E-state index contributed by atoms with van der Waals surface area (Å²) < 4.78 is 34.6. The van der Waals surface area contributed by atoms with Crippen molar-refractivity contribution in [2.45, 2.75) is 35.7 Å². The van der Waals surface area contributed by atoms with E-state index in [0.29, 0.717) is 0 Å². The van der Waals surface area contributed by atoms with Gasteiger partial charge in [-0.1, -0.05) is 48.2 Å². The van der Waals surface area contributed by atoms with Crippen molar-refractivity contribution in [3.63, 3.8) is 0 Å². The Morgan fingerprint density at radius 3 is 2.36 bits per heavy atom. The first-order valence-electron chi connectivity index (χ1n) is 11.8. The number of alkyl halides is 1. The molecule has 1 saturated heterocycles. The van der Waals surface area contributed by atoms with Crippen LogP contribution >= 0.6 is 11.8 Å². The molecule has 0 bridgehead atoms. The van der Waals surface area contributed by atoms with Gasteiger partial charge in [-0.2, -0.15) is 0 Å². The number of anilines is 1. The highest BCUT2D eigenvalue weighted by atomic mass is 32.2. The second kappa shape index (κ2) is 10.2. The van der Waals surface area contributed by atoms with Crippen molar-refractivity contribution in [2.75, 3.05) is 18.6 Å². The Hall–Kier alpha value is -4.07. The van der Waals surface area contributed by atoms with Crippen molar-refractivity contribution in [3.05, 3.63) is 83.7 Å². The molecule has 1 aliphatic rings. The number of carbonyl (C=O) groups is 2. The van der Waals surface area contributed by atoms with Crippen LogP contribution in [0.5, 0.6) is 0 Å². The highest BCUT2D eigenvalue weighted by Crippen LogP contribution is 2.49. The Balaban J connectivity index is 1.52. The fourth-order valence-corrected chi connectivity index (χ4v) is 4.68. The largest absolute Gasteiger partial charge is 0.459 e. The molecule has 0 spiro atoms. The summed E-state index contributed by atoms with van der Waals surface area (Å²) in [7, 11) is 0. The molecular weight excluding hydrogens is 529 g/mol. The molecule has 1 fully saturated rings. The van der Waals surface area contributed by atoms with E-state index in [1.54, 1.807) is 54.8 Å². The highest BCUT2D eigenvalue weighted by Gasteiger charge is 2.68. The third-order valence-electron chi connectivity index (χ3n) is 6.39. The van der Waals surface area contributed by atoms with Crippen LogP contribution in [-0.4, -0.2) is 67.4 Å². The fraction of sp³-hybridized carbons (Fsp3) is 0.269. The number of rotatable bonds is 7. The number of ether oxygens (including phenoxy) is 3. The van der Waals surface area contributed by atoms with Crippen molar-refractivity contribution in [2.24, 2.45) is 0 Å². The van der Waals surface area contributed by atoms with Gasteiger partial charge in [-0.3, -0.25) is 0 Å². The molecule has 4 aromatic rings. The summed E-state index contributed by atoms with van der Waals surface area (Å²) in [4.78, 5) is 33.8. The molecule has 3 heterocycles.